The Balaban J connectivity index is 0.000000567. The van der Waals surface area contributed by atoms with Crippen LogP contribution in [0.1, 0.15) is 18.4 Å². The fourth-order valence-electron chi connectivity index (χ4n) is 1.42. The summed E-state index contributed by atoms with van der Waals surface area (Å²) in [6.07, 6.45) is 3.23. The van der Waals surface area contributed by atoms with Crippen molar-refractivity contribution in [2.24, 2.45) is 0 Å². The van der Waals surface area contributed by atoms with Crippen molar-refractivity contribution in [3.63, 3.8) is 0 Å². The Kier molecular flexibility index (Phi) is 9.11. The lowest BCUT2D eigenvalue weighted by atomic mass is 10.1. The van der Waals surface area contributed by atoms with Crippen LogP contribution in [0.15, 0.2) is 24.3 Å². The van der Waals surface area contributed by atoms with E-state index < -0.39 is 11.9 Å². The summed E-state index contributed by atoms with van der Waals surface area (Å²) in [6, 6.07) is 6.79. The molecule has 0 amide bonds. The zero-order chi connectivity index (χ0) is 16.3. The molecule has 0 aliphatic carbocycles. The summed E-state index contributed by atoms with van der Waals surface area (Å²) in [5, 5.41) is 28.3. The van der Waals surface area contributed by atoms with E-state index in [-0.39, 0.29) is 10.6 Å². The third kappa shape index (κ3) is 9.11. The molecule has 0 heterocycles. The number of benzene rings is 1. The summed E-state index contributed by atoms with van der Waals surface area (Å²) in [4.78, 5) is 28.2. The standard InChI is InChI=1S/C11H16N2O2.C2H2O4/c1-12-9-3-2-4-10-5-7-11(8-6-10)13(14)15;3-1(4)2(5)6/h5-8,12H,2-4,9H2,1H3;(H,3,4)(H,5,6). The van der Waals surface area contributed by atoms with Gasteiger partial charge in [-0.3, -0.25) is 10.1 Å². The number of carboxylic acid groups (broad SMARTS) is 2. The summed E-state index contributed by atoms with van der Waals surface area (Å²) in [6.45, 7) is 1.02. The van der Waals surface area contributed by atoms with E-state index in [1.807, 2.05) is 19.2 Å². The molecule has 1 aromatic rings. The minimum atomic E-state index is -1.82. The average Bonchev–Trinajstić information content (AvgIpc) is 2.44. The molecule has 0 aliphatic heterocycles. The Hall–Kier alpha value is -2.48. The van der Waals surface area contributed by atoms with Crippen molar-refractivity contribution in [2.45, 2.75) is 19.3 Å². The first-order chi connectivity index (χ1) is 9.88. The number of hydrogen-bond donors (Lipinski definition) is 3. The first-order valence-electron chi connectivity index (χ1n) is 6.22. The van der Waals surface area contributed by atoms with E-state index in [1.54, 1.807) is 12.1 Å². The van der Waals surface area contributed by atoms with E-state index >= 15 is 0 Å². The summed E-state index contributed by atoms with van der Waals surface area (Å²) in [5.74, 6) is -3.65. The number of nitrogens with one attached hydrogen (secondary N) is 1. The first-order valence-corrected chi connectivity index (χ1v) is 6.22. The van der Waals surface area contributed by atoms with Crippen LogP contribution in [-0.4, -0.2) is 40.7 Å². The molecule has 1 rings (SSSR count). The highest BCUT2D eigenvalue weighted by atomic mass is 16.6. The second-order valence-corrected chi connectivity index (χ2v) is 4.09. The number of unbranched alkanes of at least 4 members (excludes halogenated alkanes) is 1. The highest BCUT2D eigenvalue weighted by Gasteiger charge is 2.04. The summed E-state index contributed by atoms with van der Waals surface area (Å²) < 4.78 is 0. The van der Waals surface area contributed by atoms with Crippen molar-refractivity contribution in [1.82, 2.24) is 5.32 Å². The van der Waals surface area contributed by atoms with Gasteiger partial charge in [0.25, 0.3) is 5.69 Å². The van der Waals surface area contributed by atoms with Crippen LogP contribution in [0.5, 0.6) is 0 Å². The lowest BCUT2D eigenvalue weighted by Crippen LogP contribution is -2.09. The van der Waals surface area contributed by atoms with Gasteiger partial charge in [0.15, 0.2) is 0 Å². The Morgan fingerprint density at radius 2 is 1.67 bits per heavy atom. The number of carbonyl (C=O) groups is 2. The molecule has 8 nitrogen and oxygen atoms in total. The Bertz CT molecular complexity index is 460. The smallest absolute Gasteiger partial charge is 0.414 e. The van der Waals surface area contributed by atoms with Gasteiger partial charge in [-0.15, -0.1) is 0 Å². The molecule has 0 bridgehead atoms. The van der Waals surface area contributed by atoms with Crippen LogP contribution in [-0.2, 0) is 16.0 Å². The predicted molar refractivity (Wildman–Crippen MR) is 75.2 cm³/mol. The highest BCUT2D eigenvalue weighted by molar-refractivity contribution is 6.27. The van der Waals surface area contributed by atoms with Crippen LogP contribution in [0.25, 0.3) is 0 Å². The van der Waals surface area contributed by atoms with Crippen LogP contribution in [0, 0.1) is 10.1 Å². The fraction of sp³-hybridized carbons (Fsp3) is 0.385. The van der Waals surface area contributed by atoms with Crippen LogP contribution in [0.4, 0.5) is 5.69 Å². The zero-order valence-corrected chi connectivity index (χ0v) is 11.6. The minimum absolute atomic E-state index is 0.161. The summed E-state index contributed by atoms with van der Waals surface area (Å²) >= 11 is 0. The van der Waals surface area contributed by atoms with Crippen molar-refractivity contribution in [2.75, 3.05) is 13.6 Å². The molecule has 0 saturated heterocycles. The van der Waals surface area contributed by atoms with Crippen LogP contribution < -0.4 is 5.32 Å². The molecule has 8 heteroatoms. The van der Waals surface area contributed by atoms with E-state index in [4.69, 9.17) is 19.8 Å². The maximum Gasteiger partial charge on any atom is 0.414 e. The van der Waals surface area contributed by atoms with E-state index in [2.05, 4.69) is 5.32 Å². The number of aryl methyl sites for hydroxylation is 1. The van der Waals surface area contributed by atoms with E-state index in [1.165, 1.54) is 0 Å². The van der Waals surface area contributed by atoms with Crippen LogP contribution >= 0.6 is 0 Å². The first kappa shape index (κ1) is 18.5. The lowest BCUT2D eigenvalue weighted by molar-refractivity contribution is -0.384. The number of carboxylic acids is 2. The Morgan fingerprint density at radius 3 is 2.05 bits per heavy atom. The fourth-order valence-corrected chi connectivity index (χ4v) is 1.42. The second kappa shape index (κ2) is 10.3. The number of nitro benzene ring substituents is 1. The SMILES string of the molecule is CNCCCCc1ccc([N+](=O)[O-])cc1.O=C(O)C(=O)O. The number of non-ortho nitro benzene ring substituents is 1. The molecule has 21 heavy (non-hydrogen) atoms. The van der Waals surface area contributed by atoms with Crippen LogP contribution in [0.2, 0.25) is 0 Å². The van der Waals surface area contributed by atoms with E-state index in [0.717, 1.165) is 31.4 Å². The maximum absolute atomic E-state index is 10.4. The third-order valence-electron chi connectivity index (χ3n) is 2.47. The molecule has 3 N–H and O–H groups in total. The second-order valence-electron chi connectivity index (χ2n) is 4.09. The number of nitro groups is 1. The molecule has 0 unspecified atom stereocenters. The largest absolute Gasteiger partial charge is 0.473 e. The molecule has 0 saturated carbocycles. The van der Waals surface area contributed by atoms with Gasteiger partial charge in [0.1, 0.15) is 0 Å². The molecular formula is C13H18N2O6. The third-order valence-corrected chi connectivity index (χ3v) is 2.47. The van der Waals surface area contributed by atoms with Gasteiger partial charge in [-0.1, -0.05) is 12.1 Å². The lowest BCUT2D eigenvalue weighted by Gasteiger charge is -2.01. The average molecular weight is 298 g/mol. The topological polar surface area (TPSA) is 130 Å². The van der Waals surface area contributed by atoms with Gasteiger partial charge in [-0.25, -0.2) is 9.59 Å². The van der Waals surface area contributed by atoms with Crippen molar-refractivity contribution >= 4 is 17.6 Å². The highest BCUT2D eigenvalue weighted by Crippen LogP contribution is 2.13. The van der Waals surface area contributed by atoms with Gasteiger partial charge in [0.2, 0.25) is 0 Å². The molecule has 0 aliphatic rings. The Morgan fingerprint density at radius 1 is 1.14 bits per heavy atom. The minimum Gasteiger partial charge on any atom is -0.473 e. The van der Waals surface area contributed by atoms with Gasteiger partial charge < -0.3 is 15.5 Å². The quantitative estimate of drug-likeness (QED) is 0.312. The summed E-state index contributed by atoms with van der Waals surface area (Å²) in [7, 11) is 1.94. The van der Waals surface area contributed by atoms with Gasteiger partial charge in [0.05, 0.1) is 4.92 Å². The number of hydrogen-bond acceptors (Lipinski definition) is 5. The molecule has 0 aromatic heterocycles. The monoisotopic (exact) mass is 298 g/mol. The van der Waals surface area contributed by atoms with Crippen molar-refractivity contribution < 1.29 is 24.7 Å². The van der Waals surface area contributed by atoms with Gasteiger partial charge >= 0.3 is 11.9 Å². The van der Waals surface area contributed by atoms with E-state index in [0.29, 0.717) is 0 Å². The van der Waals surface area contributed by atoms with Crippen molar-refractivity contribution in [3.05, 3.63) is 39.9 Å². The number of nitrogens with zero attached hydrogens (tertiary/aromatic N) is 1. The normalized spacial score (nSPS) is 9.38. The molecule has 0 spiro atoms. The van der Waals surface area contributed by atoms with E-state index in [9.17, 15) is 10.1 Å². The Labute approximate surface area is 121 Å². The van der Waals surface area contributed by atoms with Crippen molar-refractivity contribution in [1.29, 1.82) is 0 Å². The maximum atomic E-state index is 10.4. The molecule has 1 aromatic carbocycles. The molecule has 0 radical (unpaired) electrons. The number of aliphatic carboxylic acids is 2. The van der Waals surface area contributed by atoms with Crippen molar-refractivity contribution in [3.8, 4) is 0 Å². The molecule has 116 valence electrons. The molecular weight excluding hydrogens is 280 g/mol. The molecule has 0 atom stereocenters. The predicted octanol–water partition coefficient (Wildman–Crippen LogP) is 1.29. The number of rotatable bonds is 6. The molecule has 0 fully saturated rings. The summed E-state index contributed by atoms with van der Waals surface area (Å²) in [5.41, 5.74) is 1.32. The van der Waals surface area contributed by atoms with Gasteiger partial charge in [-0.2, -0.15) is 0 Å². The van der Waals surface area contributed by atoms with Gasteiger partial charge in [-0.05, 0) is 38.4 Å². The van der Waals surface area contributed by atoms with Crippen LogP contribution in [0.3, 0.4) is 0 Å². The zero-order valence-electron chi connectivity index (χ0n) is 11.6. The van der Waals surface area contributed by atoms with Gasteiger partial charge in [0, 0.05) is 12.1 Å².